The summed E-state index contributed by atoms with van der Waals surface area (Å²) < 4.78 is 1.95. The van der Waals surface area contributed by atoms with Crippen LogP contribution in [-0.4, -0.2) is 42.9 Å². The Morgan fingerprint density at radius 1 is 1.22 bits per heavy atom. The Hall–Kier alpha value is -1.34. The van der Waals surface area contributed by atoms with Gasteiger partial charge in [-0.3, -0.25) is 4.79 Å². The van der Waals surface area contributed by atoms with Crippen molar-refractivity contribution in [2.75, 3.05) is 0 Å². The standard InChI is InChI=1S/C16H24N4OS2/c1-10(2)20(11(3)4)15(21)12(5)23-16-18-17-14(19(16)6)13-8-7-9-22-13/h7-12H,1-6H3. The predicted octanol–water partition coefficient (Wildman–Crippen LogP) is 3.67. The van der Waals surface area contributed by atoms with Crippen LogP contribution >= 0.6 is 23.1 Å². The Balaban J connectivity index is 2.14. The number of thioether (sulfide) groups is 1. The quantitative estimate of drug-likeness (QED) is 0.744. The minimum atomic E-state index is -0.195. The van der Waals surface area contributed by atoms with E-state index in [9.17, 15) is 4.79 Å². The molecular formula is C16H24N4OS2. The number of hydrogen-bond acceptors (Lipinski definition) is 5. The Morgan fingerprint density at radius 3 is 2.39 bits per heavy atom. The lowest BCUT2D eigenvalue weighted by molar-refractivity contribution is -0.133. The van der Waals surface area contributed by atoms with Crippen molar-refractivity contribution in [2.45, 2.75) is 57.1 Å². The molecule has 0 radical (unpaired) electrons. The van der Waals surface area contributed by atoms with Gasteiger partial charge in [-0.1, -0.05) is 17.8 Å². The lowest BCUT2D eigenvalue weighted by atomic mass is 10.2. The third-order valence-electron chi connectivity index (χ3n) is 3.57. The summed E-state index contributed by atoms with van der Waals surface area (Å²) in [5, 5.41) is 11.1. The SMILES string of the molecule is CC(Sc1nnc(-c2cccs2)n1C)C(=O)N(C(C)C)C(C)C. The molecule has 126 valence electrons. The molecule has 1 amide bonds. The third kappa shape index (κ3) is 3.95. The molecule has 23 heavy (non-hydrogen) atoms. The van der Waals surface area contributed by atoms with Crippen LogP contribution in [0.25, 0.3) is 10.7 Å². The first kappa shape index (κ1) is 18.0. The van der Waals surface area contributed by atoms with Crippen molar-refractivity contribution in [3.8, 4) is 10.7 Å². The molecule has 0 saturated heterocycles. The van der Waals surface area contributed by atoms with E-state index in [1.807, 2.05) is 68.6 Å². The lowest BCUT2D eigenvalue weighted by Gasteiger charge is -2.32. The van der Waals surface area contributed by atoms with E-state index in [1.165, 1.54) is 11.8 Å². The average molecular weight is 353 g/mol. The van der Waals surface area contributed by atoms with E-state index in [-0.39, 0.29) is 23.2 Å². The molecule has 0 aromatic carbocycles. The number of thiophene rings is 1. The van der Waals surface area contributed by atoms with Gasteiger partial charge < -0.3 is 9.47 Å². The second kappa shape index (κ2) is 7.49. The second-order valence-corrected chi connectivity index (χ2v) is 8.29. The summed E-state index contributed by atoms with van der Waals surface area (Å²) in [6.45, 7) is 10.1. The van der Waals surface area contributed by atoms with Gasteiger partial charge in [-0.25, -0.2) is 0 Å². The highest BCUT2D eigenvalue weighted by Crippen LogP contribution is 2.29. The maximum atomic E-state index is 12.7. The normalized spacial score (nSPS) is 12.9. The fraction of sp³-hybridized carbons (Fsp3) is 0.562. The molecule has 0 saturated carbocycles. The van der Waals surface area contributed by atoms with Crippen molar-refractivity contribution >= 4 is 29.0 Å². The monoisotopic (exact) mass is 352 g/mol. The minimum Gasteiger partial charge on any atom is -0.337 e. The molecule has 0 fully saturated rings. The first-order chi connectivity index (χ1) is 10.8. The Kier molecular flexibility index (Phi) is 5.86. The van der Waals surface area contributed by atoms with E-state index in [0.717, 1.165) is 15.9 Å². The van der Waals surface area contributed by atoms with Gasteiger partial charge in [-0.05, 0) is 46.1 Å². The number of amides is 1. The number of carbonyl (C=O) groups excluding carboxylic acids is 1. The molecule has 0 aliphatic heterocycles. The van der Waals surface area contributed by atoms with Gasteiger partial charge >= 0.3 is 0 Å². The first-order valence-electron chi connectivity index (χ1n) is 7.75. The molecule has 0 spiro atoms. The van der Waals surface area contributed by atoms with Crippen LogP contribution in [0.15, 0.2) is 22.7 Å². The van der Waals surface area contributed by atoms with Crippen molar-refractivity contribution in [1.29, 1.82) is 0 Å². The fourth-order valence-corrected chi connectivity index (χ4v) is 4.18. The molecule has 1 atom stereocenters. The lowest BCUT2D eigenvalue weighted by Crippen LogP contribution is -2.45. The molecule has 2 aromatic rings. The van der Waals surface area contributed by atoms with Crippen molar-refractivity contribution < 1.29 is 4.79 Å². The summed E-state index contributed by atoms with van der Waals surface area (Å²) in [6, 6.07) is 4.40. The molecule has 5 nitrogen and oxygen atoms in total. The zero-order valence-electron chi connectivity index (χ0n) is 14.5. The van der Waals surface area contributed by atoms with Crippen molar-refractivity contribution in [3.63, 3.8) is 0 Å². The zero-order chi connectivity index (χ0) is 17.1. The summed E-state index contributed by atoms with van der Waals surface area (Å²) >= 11 is 3.10. The first-order valence-corrected chi connectivity index (χ1v) is 9.51. The van der Waals surface area contributed by atoms with Crippen LogP contribution in [0, 0.1) is 0 Å². The van der Waals surface area contributed by atoms with Gasteiger partial charge in [0.1, 0.15) is 0 Å². The summed E-state index contributed by atoms with van der Waals surface area (Å²) in [5.41, 5.74) is 0. The van der Waals surface area contributed by atoms with Crippen LogP contribution in [0.4, 0.5) is 0 Å². The Bertz CT molecular complexity index is 641. The molecule has 2 rings (SSSR count). The Labute approximate surface area is 146 Å². The summed E-state index contributed by atoms with van der Waals surface area (Å²) in [4.78, 5) is 15.7. The highest BCUT2D eigenvalue weighted by atomic mass is 32.2. The van der Waals surface area contributed by atoms with Gasteiger partial charge in [0.15, 0.2) is 11.0 Å². The molecule has 0 bridgehead atoms. The van der Waals surface area contributed by atoms with Crippen molar-refractivity contribution in [1.82, 2.24) is 19.7 Å². The van der Waals surface area contributed by atoms with E-state index in [4.69, 9.17) is 0 Å². The third-order valence-corrected chi connectivity index (χ3v) is 5.56. The molecule has 2 aromatic heterocycles. The van der Waals surface area contributed by atoms with Crippen LogP contribution in [0.1, 0.15) is 34.6 Å². The van der Waals surface area contributed by atoms with Crippen LogP contribution in [0.3, 0.4) is 0 Å². The highest BCUT2D eigenvalue weighted by molar-refractivity contribution is 8.00. The number of hydrogen-bond donors (Lipinski definition) is 0. The highest BCUT2D eigenvalue weighted by Gasteiger charge is 2.27. The maximum absolute atomic E-state index is 12.7. The van der Waals surface area contributed by atoms with Gasteiger partial charge in [0, 0.05) is 19.1 Å². The van der Waals surface area contributed by atoms with Gasteiger partial charge in [0.25, 0.3) is 0 Å². The van der Waals surface area contributed by atoms with E-state index in [1.54, 1.807) is 11.3 Å². The predicted molar refractivity (Wildman–Crippen MR) is 96.8 cm³/mol. The van der Waals surface area contributed by atoms with Gasteiger partial charge in [0.05, 0.1) is 10.1 Å². The molecule has 0 N–H and O–H groups in total. The number of nitrogens with zero attached hydrogens (tertiary/aromatic N) is 4. The van der Waals surface area contributed by atoms with Gasteiger partial charge in [-0.15, -0.1) is 21.5 Å². The summed E-state index contributed by atoms with van der Waals surface area (Å²) in [6.07, 6.45) is 0. The zero-order valence-corrected chi connectivity index (χ0v) is 16.1. The van der Waals surface area contributed by atoms with Gasteiger partial charge in [0.2, 0.25) is 5.91 Å². The Morgan fingerprint density at radius 2 is 1.87 bits per heavy atom. The van der Waals surface area contributed by atoms with E-state index < -0.39 is 0 Å². The molecule has 0 aliphatic rings. The number of aromatic nitrogens is 3. The number of rotatable bonds is 6. The molecule has 7 heteroatoms. The largest absolute Gasteiger partial charge is 0.337 e. The average Bonchev–Trinajstić information content (AvgIpc) is 3.08. The van der Waals surface area contributed by atoms with E-state index in [0.29, 0.717) is 0 Å². The maximum Gasteiger partial charge on any atom is 0.236 e. The van der Waals surface area contributed by atoms with Crippen molar-refractivity contribution in [3.05, 3.63) is 17.5 Å². The summed E-state index contributed by atoms with van der Waals surface area (Å²) in [5.74, 6) is 0.979. The molecule has 2 heterocycles. The smallest absolute Gasteiger partial charge is 0.236 e. The van der Waals surface area contributed by atoms with Crippen LogP contribution in [-0.2, 0) is 11.8 Å². The molecule has 1 unspecified atom stereocenters. The van der Waals surface area contributed by atoms with E-state index >= 15 is 0 Å². The molecule has 0 aliphatic carbocycles. The molecular weight excluding hydrogens is 328 g/mol. The van der Waals surface area contributed by atoms with Crippen LogP contribution in [0.2, 0.25) is 0 Å². The second-order valence-electron chi connectivity index (χ2n) is 6.04. The van der Waals surface area contributed by atoms with Crippen LogP contribution in [0.5, 0.6) is 0 Å². The summed E-state index contributed by atoms with van der Waals surface area (Å²) in [7, 11) is 1.94. The van der Waals surface area contributed by atoms with Crippen LogP contribution < -0.4 is 0 Å². The van der Waals surface area contributed by atoms with E-state index in [2.05, 4.69) is 10.2 Å². The van der Waals surface area contributed by atoms with Crippen molar-refractivity contribution in [2.24, 2.45) is 7.05 Å². The number of carbonyl (C=O) groups is 1. The minimum absolute atomic E-state index is 0.140. The topological polar surface area (TPSA) is 51.0 Å². The fourth-order valence-electron chi connectivity index (χ4n) is 2.56. The van der Waals surface area contributed by atoms with Gasteiger partial charge in [-0.2, -0.15) is 0 Å².